The number of allylic oxidation sites excluding steroid dienone is 1. The summed E-state index contributed by atoms with van der Waals surface area (Å²) in [7, 11) is 3.11. The minimum absolute atomic E-state index is 0.00877. The third kappa shape index (κ3) is 3.07. The van der Waals surface area contributed by atoms with Crippen LogP contribution in [-0.4, -0.2) is 79.7 Å². The van der Waals surface area contributed by atoms with Crippen molar-refractivity contribution in [2.24, 2.45) is 17.6 Å². The number of hydrogen-bond donors (Lipinski definition) is 5. The molecule has 3 aliphatic carbocycles. The second kappa shape index (κ2) is 8.03. The highest BCUT2D eigenvalue weighted by molar-refractivity contribution is 9.09. The number of nitrogens with two attached hydrogens (primary N) is 1. The Labute approximate surface area is 202 Å². The van der Waals surface area contributed by atoms with E-state index < -0.39 is 63.8 Å². The lowest BCUT2D eigenvalue weighted by Crippen LogP contribution is -2.63. The third-order valence-corrected chi connectivity index (χ3v) is 7.54. The van der Waals surface area contributed by atoms with E-state index >= 15 is 0 Å². The van der Waals surface area contributed by atoms with Crippen LogP contribution >= 0.6 is 15.9 Å². The Bertz CT molecular complexity index is 1230. The fraction of sp³-hybridized carbons (Fsp3) is 0.391. The largest absolute Gasteiger partial charge is 0.510 e. The number of phenols is 1. The predicted molar refractivity (Wildman–Crippen MR) is 122 cm³/mol. The van der Waals surface area contributed by atoms with Gasteiger partial charge >= 0.3 is 0 Å². The molecule has 6 N–H and O–H groups in total. The first-order chi connectivity index (χ1) is 15.9. The zero-order chi connectivity index (χ0) is 25.3. The predicted octanol–water partition coefficient (Wildman–Crippen LogP) is 0.698. The zero-order valence-corrected chi connectivity index (χ0v) is 19.9. The van der Waals surface area contributed by atoms with Crippen molar-refractivity contribution < 1.29 is 39.6 Å². The molecule has 0 heterocycles. The van der Waals surface area contributed by atoms with Crippen LogP contribution in [0.2, 0.25) is 0 Å². The quantitative estimate of drug-likeness (QED) is 0.211. The molecule has 0 aromatic heterocycles. The molecule has 0 radical (unpaired) electrons. The maximum absolute atomic E-state index is 13.5. The molecule has 0 saturated carbocycles. The van der Waals surface area contributed by atoms with Crippen LogP contribution in [0.1, 0.15) is 32.7 Å². The Balaban J connectivity index is 1.97. The Morgan fingerprint density at radius 1 is 1.21 bits per heavy atom. The smallest absolute Gasteiger partial charge is 0.255 e. The van der Waals surface area contributed by atoms with E-state index in [1.54, 1.807) is 14.1 Å². The maximum atomic E-state index is 13.5. The van der Waals surface area contributed by atoms with E-state index in [0.717, 1.165) is 0 Å². The average molecular weight is 535 g/mol. The molecule has 0 saturated heterocycles. The molecule has 4 rings (SSSR count). The number of ketones is 3. The van der Waals surface area contributed by atoms with Crippen LogP contribution < -0.4 is 5.73 Å². The van der Waals surface area contributed by atoms with E-state index in [2.05, 4.69) is 15.9 Å². The summed E-state index contributed by atoms with van der Waals surface area (Å²) in [4.78, 5) is 52.6. The lowest BCUT2D eigenvalue weighted by Gasteiger charge is -2.50. The fourth-order valence-corrected chi connectivity index (χ4v) is 5.89. The van der Waals surface area contributed by atoms with Gasteiger partial charge in [0, 0.05) is 17.1 Å². The van der Waals surface area contributed by atoms with Crippen molar-refractivity contribution in [1.82, 2.24) is 4.90 Å². The van der Waals surface area contributed by atoms with Crippen molar-refractivity contribution in [3.63, 3.8) is 0 Å². The zero-order valence-electron chi connectivity index (χ0n) is 18.3. The normalized spacial score (nSPS) is 28.6. The number of phenolic OH excluding ortho intramolecular Hbond substituents is 1. The number of aromatic hydroxyl groups is 1. The summed E-state index contributed by atoms with van der Waals surface area (Å²) >= 11 is 3.11. The van der Waals surface area contributed by atoms with Crippen LogP contribution in [0.25, 0.3) is 0 Å². The standard InChI is InChI=1S/C23H23BrN2O8/c1-26(2)17-11-6-8-5-10-9(13(28)7-24)3-4-12(27)15(10)18(29)14(8)20(31)23(11,34)21(32)16(19(17)30)22(25)33/h3-4,8,11,17,27,30-31,34H,5-7H2,1-2H3,(H2,25,33)/t8-,11?,17-,23-/m0/s1. The number of aliphatic hydroxyl groups is 3. The van der Waals surface area contributed by atoms with Crippen molar-refractivity contribution in [3.05, 3.63) is 51.5 Å². The van der Waals surface area contributed by atoms with Crippen LogP contribution in [0, 0.1) is 11.8 Å². The summed E-state index contributed by atoms with van der Waals surface area (Å²) in [5.74, 6) is -7.54. The molecule has 10 nitrogen and oxygen atoms in total. The lowest BCUT2D eigenvalue weighted by molar-refractivity contribution is -0.148. The molecular formula is C23H23BrN2O8. The van der Waals surface area contributed by atoms with Crippen molar-refractivity contribution in [3.8, 4) is 5.75 Å². The number of rotatable bonds is 4. The summed E-state index contributed by atoms with van der Waals surface area (Å²) in [6, 6.07) is 1.54. The van der Waals surface area contributed by atoms with E-state index in [0.29, 0.717) is 5.56 Å². The Kier molecular flexibility index (Phi) is 5.70. The molecule has 4 atom stereocenters. The van der Waals surface area contributed by atoms with E-state index in [9.17, 15) is 39.6 Å². The molecule has 1 amide bonds. The van der Waals surface area contributed by atoms with Gasteiger partial charge in [0.1, 0.15) is 22.8 Å². The Hall–Kier alpha value is -3.02. The molecule has 1 unspecified atom stereocenters. The van der Waals surface area contributed by atoms with Gasteiger partial charge in [-0.05, 0) is 50.6 Å². The number of benzene rings is 1. The molecule has 0 fully saturated rings. The second-order valence-electron chi connectivity index (χ2n) is 9.01. The number of Topliss-reactive ketones (excluding diaryl/α,β-unsaturated/α-hetero) is 3. The Morgan fingerprint density at radius 2 is 1.85 bits per heavy atom. The molecule has 180 valence electrons. The van der Waals surface area contributed by atoms with E-state index in [1.165, 1.54) is 17.0 Å². The van der Waals surface area contributed by atoms with Crippen molar-refractivity contribution in [2.45, 2.75) is 24.5 Å². The number of halogens is 1. The monoisotopic (exact) mass is 534 g/mol. The molecule has 0 spiro atoms. The van der Waals surface area contributed by atoms with Crippen LogP contribution in [0.5, 0.6) is 5.75 Å². The van der Waals surface area contributed by atoms with E-state index in [1.807, 2.05) is 0 Å². The highest BCUT2D eigenvalue weighted by Gasteiger charge is 2.63. The number of carbonyl (C=O) groups excluding carboxylic acids is 4. The molecule has 1 aromatic rings. The van der Waals surface area contributed by atoms with Gasteiger partial charge in [0.2, 0.25) is 5.78 Å². The number of carbonyl (C=O) groups is 4. The summed E-state index contributed by atoms with van der Waals surface area (Å²) in [5.41, 5.74) is 1.84. The van der Waals surface area contributed by atoms with Gasteiger partial charge in [-0.3, -0.25) is 24.1 Å². The first-order valence-corrected chi connectivity index (χ1v) is 11.6. The first kappa shape index (κ1) is 24.1. The molecule has 34 heavy (non-hydrogen) atoms. The topological polar surface area (TPSA) is 178 Å². The number of amides is 1. The van der Waals surface area contributed by atoms with Crippen molar-refractivity contribution in [1.29, 1.82) is 0 Å². The van der Waals surface area contributed by atoms with Gasteiger partial charge in [-0.15, -0.1) is 0 Å². The number of aliphatic hydroxyl groups excluding tert-OH is 2. The molecule has 11 heteroatoms. The average Bonchev–Trinajstić information content (AvgIpc) is 2.75. The fourth-order valence-electron chi connectivity index (χ4n) is 5.58. The summed E-state index contributed by atoms with van der Waals surface area (Å²) in [6.45, 7) is 0. The lowest BCUT2D eigenvalue weighted by atomic mass is 9.58. The molecular weight excluding hydrogens is 512 g/mol. The summed E-state index contributed by atoms with van der Waals surface area (Å²) in [5, 5.41) is 43.8. The SMILES string of the molecule is CN(C)[C@@H]1C(O)=C(C(N)=O)C(=O)[C@@]2(O)C(O)=C3C(=O)c4c(O)ccc(C(=O)CBr)c4C[C@H]3CC12. The first-order valence-electron chi connectivity index (χ1n) is 10.5. The Morgan fingerprint density at radius 3 is 2.41 bits per heavy atom. The van der Waals surface area contributed by atoms with Gasteiger partial charge in [-0.2, -0.15) is 0 Å². The van der Waals surface area contributed by atoms with Crippen LogP contribution in [-0.2, 0) is 16.0 Å². The van der Waals surface area contributed by atoms with Crippen LogP contribution in [0.4, 0.5) is 0 Å². The third-order valence-electron chi connectivity index (χ3n) is 7.03. The molecule has 0 aliphatic heterocycles. The number of hydrogen-bond acceptors (Lipinski definition) is 9. The molecule has 3 aliphatic rings. The van der Waals surface area contributed by atoms with Gasteiger partial charge < -0.3 is 26.2 Å². The van der Waals surface area contributed by atoms with Crippen LogP contribution in [0.15, 0.2) is 34.8 Å². The summed E-state index contributed by atoms with van der Waals surface area (Å²) < 4.78 is 0. The molecule has 1 aromatic carbocycles. The number of nitrogens with zero attached hydrogens (tertiary/aromatic N) is 1. The number of primary amides is 1. The van der Waals surface area contributed by atoms with Crippen molar-refractivity contribution in [2.75, 3.05) is 19.4 Å². The minimum atomic E-state index is -2.69. The van der Waals surface area contributed by atoms with Gasteiger partial charge in [0.15, 0.2) is 17.2 Å². The number of alkyl halides is 1. The maximum Gasteiger partial charge on any atom is 0.255 e. The van der Waals surface area contributed by atoms with Gasteiger partial charge in [0.25, 0.3) is 5.91 Å². The highest BCUT2D eigenvalue weighted by Crippen LogP contribution is 2.52. The van der Waals surface area contributed by atoms with E-state index in [4.69, 9.17) is 5.73 Å². The van der Waals surface area contributed by atoms with E-state index in [-0.39, 0.29) is 40.7 Å². The second-order valence-corrected chi connectivity index (χ2v) is 9.57. The van der Waals surface area contributed by atoms with Gasteiger partial charge in [0.05, 0.1) is 16.9 Å². The highest BCUT2D eigenvalue weighted by atomic mass is 79.9. The number of likely N-dealkylation sites (N-methyl/N-ethyl adjacent to an activating group) is 1. The number of fused-ring (bicyclic) bond motifs is 3. The minimum Gasteiger partial charge on any atom is -0.510 e. The van der Waals surface area contributed by atoms with Gasteiger partial charge in [-0.1, -0.05) is 15.9 Å². The van der Waals surface area contributed by atoms with Gasteiger partial charge in [-0.25, -0.2) is 0 Å². The summed E-state index contributed by atoms with van der Waals surface area (Å²) in [6.07, 6.45) is 0.0281. The molecule has 0 bridgehead atoms. The van der Waals surface area contributed by atoms with Crippen molar-refractivity contribution >= 4 is 39.2 Å². The van der Waals surface area contributed by atoms with Crippen LogP contribution in [0.3, 0.4) is 0 Å².